The van der Waals surface area contributed by atoms with Gasteiger partial charge in [-0.1, -0.05) is 17.7 Å². The van der Waals surface area contributed by atoms with Crippen molar-refractivity contribution < 1.29 is 9.90 Å². The largest absolute Gasteiger partial charge is 0.388 e. The maximum atomic E-state index is 12.6. The molecule has 22 heavy (non-hydrogen) atoms. The van der Waals surface area contributed by atoms with Crippen molar-refractivity contribution in [2.24, 2.45) is 0 Å². The van der Waals surface area contributed by atoms with Crippen LogP contribution in [0.5, 0.6) is 0 Å². The highest BCUT2D eigenvalue weighted by Crippen LogP contribution is 2.33. The molecule has 2 rings (SSSR count). The highest BCUT2D eigenvalue weighted by Gasteiger charge is 2.38. The first-order valence-corrected chi connectivity index (χ1v) is 7.85. The Balaban J connectivity index is 2.21. The number of aliphatic hydroxyl groups is 1. The smallest absolute Gasteiger partial charge is 0.322 e. The van der Waals surface area contributed by atoms with Crippen molar-refractivity contribution >= 4 is 29.0 Å². The Kier molecular flexibility index (Phi) is 4.87. The van der Waals surface area contributed by atoms with E-state index in [1.54, 1.807) is 24.8 Å². The first-order chi connectivity index (χ1) is 10.2. The second kappa shape index (κ2) is 6.34. The minimum atomic E-state index is -0.910. The molecule has 6 heteroatoms. The molecule has 1 aliphatic heterocycles. The summed E-state index contributed by atoms with van der Waals surface area (Å²) in [6.45, 7) is 4.14. The summed E-state index contributed by atoms with van der Waals surface area (Å²) in [5.41, 5.74) is 0.535. The van der Waals surface area contributed by atoms with Gasteiger partial charge in [0.1, 0.15) is 0 Å². The summed E-state index contributed by atoms with van der Waals surface area (Å²) in [5, 5.41) is 13.8. The zero-order valence-electron chi connectivity index (χ0n) is 13.6. The van der Waals surface area contributed by atoms with E-state index in [2.05, 4.69) is 5.32 Å². The van der Waals surface area contributed by atoms with Crippen LogP contribution in [0.4, 0.5) is 16.2 Å². The van der Waals surface area contributed by atoms with E-state index in [0.29, 0.717) is 17.3 Å². The van der Waals surface area contributed by atoms with E-state index in [0.717, 1.165) is 18.5 Å². The summed E-state index contributed by atoms with van der Waals surface area (Å²) >= 11 is 6.22. The van der Waals surface area contributed by atoms with E-state index in [1.807, 2.05) is 31.1 Å². The van der Waals surface area contributed by atoms with Crippen molar-refractivity contribution in [2.75, 3.05) is 30.9 Å². The zero-order chi connectivity index (χ0) is 16.5. The third-order valence-corrected chi connectivity index (χ3v) is 4.31. The van der Waals surface area contributed by atoms with E-state index in [9.17, 15) is 9.90 Å². The quantitative estimate of drug-likeness (QED) is 0.897. The Labute approximate surface area is 136 Å². The van der Waals surface area contributed by atoms with Gasteiger partial charge >= 0.3 is 6.03 Å². The maximum Gasteiger partial charge on any atom is 0.322 e. The Bertz CT molecular complexity index is 555. The van der Waals surface area contributed by atoms with Gasteiger partial charge < -0.3 is 20.2 Å². The number of carbonyl (C=O) groups is 1. The lowest BCUT2D eigenvalue weighted by molar-refractivity contribution is 0.0117. The second-order valence-corrected chi connectivity index (χ2v) is 6.87. The molecule has 0 bridgehead atoms. The van der Waals surface area contributed by atoms with Gasteiger partial charge in [0.05, 0.1) is 28.0 Å². The first kappa shape index (κ1) is 16.9. The number of anilines is 2. The Hall–Kier alpha value is -1.46. The fraction of sp³-hybridized carbons (Fsp3) is 0.562. The molecule has 1 heterocycles. The van der Waals surface area contributed by atoms with Crippen molar-refractivity contribution in [1.29, 1.82) is 0 Å². The molecule has 0 spiro atoms. The summed E-state index contributed by atoms with van der Waals surface area (Å²) in [4.78, 5) is 16.2. The number of rotatable bonds is 3. The fourth-order valence-corrected chi connectivity index (χ4v) is 3.35. The molecule has 0 saturated carbocycles. The normalized spacial score (nSPS) is 18.5. The number of nitrogens with one attached hydrogen (secondary N) is 1. The number of likely N-dealkylation sites (tertiary alicyclic amines) is 1. The fourth-order valence-electron chi connectivity index (χ4n) is 3.00. The van der Waals surface area contributed by atoms with E-state index in [4.69, 9.17) is 11.6 Å². The molecule has 2 amide bonds. The Morgan fingerprint density at radius 3 is 2.73 bits per heavy atom. The summed E-state index contributed by atoms with van der Waals surface area (Å²) in [7, 11) is 3.76. The first-order valence-electron chi connectivity index (χ1n) is 7.47. The van der Waals surface area contributed by atoms with Crippen LogP contribution in [0.3, 0.4) is 0 Å². The molecule has 1 aromatic carbocycles. The van der Waals surface area contributed by atoms with Gasteiger partial charge in [0.25, 0.3) is 0 Å². The van der Waals surface area contributed by atoms with Crippen LogP contribution in [0.2, 0.25) is 5.02 Å². The predicted molar refractivity (Wildman–Crippen MR) is 90.8 cm³/mol. The molecule has 0 aromatic heterocycles. The maximum absolute atomic E-state index is 12.6. The van der Waals surface area contributed by atoms with Crippen molar-refractivity contribution in [3.05, 3.63) is 23.2 Å². The van der Waals surface area contributed by atoms with Gasteiger partial charge in [-0.2, -0.15) is 0 Å². The monoisotopic (exact) mass is 325 g/mol. The Morgan fingerprint density at radius 2 is 2.14 bits per heavy atom. The number of hydrogen-bond acceptors (Lipinski definition) is 3. The van der Waals surface area contributed by atoms with Gasteiger partial charge in [-0.3, -0.25) is 0 Å². The average Bonchev–Trinajstić information content (AvgIpc) is 2.87. The summed E-state index contributed by atoms with van der Waals surface area (Å²) in [6, 6.07) is 5.06. The van der Waals surface area contributed by atoms with Gasteiger partial charge in [0.2, 0.25) is 0 Å². The van der Waals surface area contributed by atoms with Gasteiger partial charge in [0.15, 0.2) is 0 Å². The number of hydrogen-bond donors (Lipinski definition) is 2. The number of urea groups is 1. The summed E-state index contributed by atoms with van der Waals surface area (Å²) in [5.74, 6) is 0. The lowest BCUT2D eigenvalue weighted by Crippen LogP contribution is -2.49. The molecule has 1 aliphatic rings. The molecular weight excluding hydrogens is 302 g/mol. The highest BCUT2D eigenvalue weighted by atomic mass is 35.5. The Morgan fingerprint density at radius 1 is 1.45 bits per heavy atom. The lowest BCUT2D eigenvalue weighted by Gasteiger charge is -2.34. The van der Waals surface area contributed by atoms with Crippen LogP contribution < -0.4 is 10.2 Å². The van der Waals surface area contributed by atoms with Crippen LogP contribution in [-0.4, -0.2) is 48.3 Å². The molecule has 1 atom stereocenters. The van der Waals surface area contributed by atoms with Crippen molar-refractivity contribution in [2.45, 2.75) is 38.3 Å². The van der Waals surface area contributed by atoms with Crippen LogP contribution in [0.25, 0.3) is 0 Å². The van der Waals surface area contributed by atoms with Gasteiger partial charge in [-0.05, 0) is 38.8 Å². The van der Waals surface area contributed by atoms with Crippen LogP contribution in [0, 0.1) is 0 Å². The van der Waals surface area contributed by atoms with Gasteiger partial charge in [-0.15, -0.1) is 0 Å². The topological polar surface area (TPSA) is 55.8 Å². The van der Waals surface area contributed by atoms with Crippen LogP contribution in [-0.2, 0) is 0 Å². The number of nitrogens with zero attached hydrogens (tertiary/aromatic N) is 2. The van der Waals surface area contributed by atoms with Crippen molar-refractivity contribution in [1.82, 2.24) is 4.90 Å². The minimum Gasteiger partial charge on any atom is -0.388 e. The van der Waals surface area contributed by atoms with Gasteiger partial charge in [0, 0.05) is 20.6 Å². The third-order valence-electron chi connectivity index (χ3n) is 4.00. The molecule has 0 aliphatic carbocycles. The van der Waals surface area contributed by atoms with Crippen LogP contribution >= 0.6 is 11.6 Å². The van der Waals surface area contributed by atoms with E-state index in [1.165, 1.54) is 0 Å². The molecule has 1 aromatic rings. The zero-order valence-corrected chi connectivity index (χ0v) is 14.3. The van der Waals surface area contributed by atoms with Crippen molar-refractivity contribution in [3.8, 4) is 0 Å². The molecular formula is C16H24ClN3O2. The highest BCUT2D eigenvalue weighted by molar-refractivity contribution is 6.34. The second-order valence-electron chi connectivity index (χ2n) is 6.47. The van der Waals surface area contributed by atoms with E-state index < -0.39 is 5.60 Å². The van der Waals surface area contributed by atoms with E-state index in [-0.39, 0.29) is 12.1 Å². The van der Waals surface area contributed by atoms with Crippen LogP contribution in [0.1, 0.15) is 26.7 Å². The predicted octanol–water partition coefficient (Wildman–Crippen LogP) is 3.17. The van der Waals surface area contributed by atoms with E-state index >= 15 is 0 Å². The lowest BCUT2D eigenvalue weighted by atomic mass is 9.97. The number of para-hydroxylation sites is 1. The SMILES string of the molecule is CN(C)c1c(Cl)cccc1NC(=O)N1CCCC1C(C)(C)O. The average molecular weight is 326 g/mol. The summed E-state index contributed by atoms with van der Waals surface area (Å²) < 4.78 is 0. The number of halogens is 1. The number of amides is 2. The summed E-state index contributed by atoms with van der Waals surface area (Å²) in [6.07, 6.45) is 1.71. The molecule has 2 N–H and O–H groups in total. The molecule has 122 valence electrons. The molecule has 1 fully saturated rings. The standard InChI is InChI=1S/C16H24ClN3O2/c1-16(2,22)13-9-6-10-20(13)15(21)18-12-8-5-7-11(17)14(12)19(3)4/h5,7-8,13,22H,6,9-10H2,1-4H3,(H,18,21). The molecule has 5 nitrogen and oxygen atoms in total. The molecule has 1 unspecified atom stereocenters. The minimum absolute atomic E-state index is 0.172. The molecule has 1 saturated heterocycles. The van der Waals surface area contributed by atoms with Crippen LogP contribution in [0.15, 0.2) is 18.2 Å². The van der Waals surface area contributed by atoms with Gasteiger partial charge in [-0.25, -0.2) is 4.79 Å². The number of benzene rings is 1. The number of carbonyl (C=O) groups excluding carboxylic acids is 1. The molecule has 0 radical (unpaired) electrons. The van der Waals surface area contributed by atoms with Crippen molar-refractivity contribution in [3.63, 3.8) is 0 Å². The third kappa shape index (κ3) is 3.47.